The standard InChI is InChI=1S/C23H24N2O/c1-16(2)19-12-22(24-20-8-4-17(3)5-9-20)14-23(13-19)25-21-10-6-18(15-26)7-11-21/h4-16,24-25H,1-3H3. The summed E-state index contributed by atoms with van der Waals surface area (Å²) in [6.07, 6.45) is 0.854. The van der Waals surface area contributed by atoms with Gasteiger partial charge < -0.3 is 10.6 Å². The highest BCUT2D eigenvalue weighted by molar-refractivity contribution is 5.76. The lowest BCUT2D eigenvalue weighted by molar-refractivity contribution is 0.112. The van der Waals surface area contributed by atoms with Gasteiger partial charge in [0.2, 0.25) is 0 Å². The largest absolute Gasteiger partial charge is 0.355 e. The third-order valence-corrected chi connectivity index (χ3v) is 4.30. The van der Waals surface area contributed by atoms with Gasteiger partial charge in [-0.3, -0.25) is 4.79 Å². The van der Waals surface area contributed by atoms with Crippen molar-refractivity contribution in [1.82, 2.24) is 0 Å². The van der Waals surface area contributed by atoms with Gasteiger partial charge in [-0.1, -0.05) is 31.5 Å². The van der Waals surface area contributed by atoms with Crippen LogP contribution in [0.25, 0.3) is 0 Å². The number of carbonyl (C=O) groups is 1. The predicted octanol–water partition coefficient (Wildman–Crippen LogP) is 6.42. The first-order valence-electron chi connectivity index (χ1n) is 8.84. The van der Waals surface area contributed by atoms with Gasteiger partial charge >= 0.3 is 0 Å². The van der Waals surface area contributed by atoms with Crippen molar-refractivity contribution < 1.29 is 4.79 Å². The lowest BCUT2D eigenvalue weighted by Gasteiger charge is -2.15. The topological polar surface area (TPSA) is 41.1 Å². The molecule has 0 aliphatic rings. The number of aryl methyl sites for hydroxylation is 1. The molecule has 0 aromatic heterocycles. The van der Waals surface area contributed by atoms with E-state index in [1.54, 1.807) is 0 Å². The Morgan fingerprint density at radius 1 is 0.731 bits per heavy atom. The van der Waals surface area contributed by atoms with E-state index in [-0.39, 0.29) is 0 Å². The molecule has 0 saturated heterocycles. The van der Waals surface area contributed by atoms with Crippen LogP contribution in [0.3, 0.4) is 0 Å². The average molecular weight is 344 g/mol. The molecule has 3 aromatic rings. The molecule has 0 radical (unpaired) electrons. The van der Waals surface area contributed by atoms with Crippen molar-refractivity contribution >= 4 is 29.0 Å². The highest BCUT2D eigenvalue weighted by Gasteiger charge is 2.06. The summed E-state index contributed by atoms with van der Waals surface area (Å²) in [5.41, 5.74) is 7.27. The minimum atomic E-state index is 0.424. The van der Waals surface area contributed by atoms with Crippen LogP contribution in [0, 0.1) is 6.92 Å². The van der Waals surface area contributed by atoms with E-state index in [1.165, 1.54) is 11.1 Å². The fraction of sp³-hybridized carbons (Fsp3) is 0.174. The molecule has 3 nitrogen and oxygen atoms in total. The number of hydrogen-bond donors (Lipinski definition) is 2. The number of rotatable bonds is 6. The van der Waals surface area contributed by atoms with Gasteiger partial charge in [0, 0.05) is 28.3 Å². The Kier molecular flexibility index (Phi) is 5.37. The molecule has 0 fully saturated rings. The minimum absolute atomic E-state index is 0.424. The molecule has 26 heavy (non-hydrogen) atoms. The number of aldehydes is 1. The van der Waals surface area contributed by atoms with Crippen LogP contribution in [0.2, 0.25) is 0 Å². The van der Waals surface area contributed by atoms with Crippen LogP contribution in [0.5, 0.6) is 0 Å². The zero-order chi connectivity index (χ0) is 18.5. The van der Waals surface area contributed by atoms with Crippen LogP contribution in [0.15, 0.2) is 66.7 Å². The van der Waals surface area contributed by atoms with E-state index in [2.05, 4.69) is 73.9 Å². The molecule has 0 aliphatic heterocycles. The van der Waals surface area contributed by atoms with Crippen molar-refractivity contribution in [3.8, 4) is 0 Å². The fourth-order valence-corrected chi connectivity index (χ4v) is 2.74. The Bertz CT molecular complexity index is 881. The molecule has 0 aliphatic carbocycles. The predicted molar refractivity (Wildman–Crippen MR) is 110 cm³/mol. The Morgan fingerprint density at radius 2 is 1.23 bits per heavy atom. The van der Waals surface area contributed by atoms with Crippen molar-refractivity contribution in [2.75, 3.05) is 10.6 Å². The van der Waals surface area contributed by atoms with E-state index in [9.17, 15) is 4.79 Å². The molecular weight excluding hydrogens is 320 g/mol. The number of hydrogen-bond acceptors (Lipinski definition) is 3. The van der Waals surface area contributed by atoms with Gasteiger partial charge in [-0.15, -0.1) is 0 Å². The van der Waals surface area contributed by atoms with E-state index >= 15 is 0 Å². The molecule has 0 atom stereocenters. The lowest BCUT2D eigenvalue weighted by atomic mass is 10.0. The molecule has 0 unspecified atom stereocenters. The molecule has 0 heterocycles. The first-order chi connectivity index (χ1) is 12.5. The van der Waals surface area contributed by atoms with E-state index in [1.807, 2.05) is 24.3 Å². The highest BCUT2D eigenvalue weighted by atomic mass is 16.1. The molecule has 3 heteroatoms. The molecule has 0 saturated carbocycles. The second-order valence-electron chi connectivity index (χ2n) is 6.85. The summed E-state index contributed by atoms with van der Waals surface area (Å²) < 4.78 is 0. The lowest BCUT2D eigenvalue weighted by Crippen LogP contribution is -1.98. The number of carbonyl (C=O) groups excluding carboxylic acids is 1. The fourth-order valence-electron chi connectivity index (χ4n) is 2.74. The van der Waals surface area contributed by atoms with Gasteiger partial charge in [0.25, 0.3) is 0 Å². The Morgan fingerprint density at radius 3 is 1.69 bits per heavy atom. The smallest absolute Gasteiger partial charge is 0.150 e. The van der Waals surface area contributed by atoms with Crippen LogP contribution >= 0.6 is 0 Å². The van der Waals surface area contributed by atoms with Crippen molar-refractivity contribution in [2.24, 2.45) is 0 Å². The maximum absolute atomic E-state index is 10.8. The molecule has 132 valence electrons. The molecule has 0 bridgehead atoms. The first-order valence-corrected chi connectivity index (χ1v) is 8.84. The van der Waals surface area contributed by atoms with Crippen molar-refractivity contribution in [3.63, 3.8) is 0 Å². The first kappa shape index (κ1) is 17.7. The summed E-state index contributed by atoms with van der Waals surface area (Å²) >= 11 is 0. The van der Waals surface area contributed by atoms with E-state index in [0.29, 0.717) is 11.5 Å². The monoisotopic (exact) mass is 344 g/mol. The minimum Gasteiger partial charge on any atom is -0.355 e. The second kappa shape index (κ2) is 7.87. The van der Waals surface area contributed by atoms with Crippen molar-refractivity contribution in [1.29, 1.82) is 0 Å². The zero-order valence-corrected chi connectivity index (χ0v) is 15.4. The summed E-state index contributed by atoms with van der Waals surface area (Å²) in [4.78, 5) is 10.8. The molecular formula is C23H24N2O. The Labute approximate surface area is 155 Å². The molecule has 3 rings (SSSR count). The molecule has 2 N–H and O–H groups in total. The zero-order valence-electron chi connectivity index (χ0n) is 15.4. The van der Waals surface area contributed by atoms with E-state index in [0.717, 1.165) is 29.0 Å². The van der Waals surface area contributed by atoms with E-state index in [4.69, 9.17) is 0 Å². The summed E-state index contributed by atoms with van der Waals surface area (Å²) in [7, 11) is 0. The van der Waals surface area contributed by atoms with Crippen LogP contribution in [-0.4, -0.2) is 6.29 Å². The molecule has 0 amide bonds. The number of benzene rings is 3. The van der Waals surface area contributed by atoms with Crippen LogP contribution < -0.4 is 10.6 Å². The second-order valence-corrected chi connectivity index (χ2v) is 6.85. The van der Waals surface area contributed by atoms with E-state index < -0.39 is 0 Å². The Hall–Kier alpha value is -3.07. The maximum atomic E-state index is 10.8. The molecule has 0 spiro atoms. The quantitative estimate of drug-likeness (QED) is 0.507. The van der Waals surface area contributed by atoms with Gasteiger partial charge in [0.05, 0.1) is 0 Å². The van der Waals surface area contributed by atoms with Gasteiger partial charge in [-0.05, 0) is 73.0 Å². The SMILES string of the molecule is Cc1ccc(Nc2cc(Nc3ccc(C=O)cc3)cc(C(C)C)c2)cc1. The molecule has 3 aromatic carbocycles. The van der Waals surface area contributed by atoms with Crippen LogP contribution in [0.4, 0.5) is 22.7 Å². The van der Waals surface area contributed by atoms with Crippen LogP contribution in [0.1, 0.15) is 41.3 Å². The summed E-state index contributed by atoms with van der Waals surface area (Å²) in [6, 6.07) is 22.3. The Balaban J connectivity index is 1.87. The number of anilines is 4. The van der Waals surface area contributed by atoms with Gasteiger partial charge in [-0.2, -0.15) is 0 Å². The summed E-state index contributed by atoms with van der Waals surface area (Å²) in [6.45, 7) is 6.46. The maximum Gasteiger partial charge on any atom is 0.150 e. The van der Waals surface area contributed by atoms with Crippen molar-refractivity contribution in [2.45, 2.75) is 26.7 Å². The highest BCUT2D eigenvalue weighted by Crippen LogP contribution is 2.28. The number of nitrogens with one attached hydrogen (secondary N) is 2. The summed E-state index contributed by atoms with van der Waals surface area (Å²) in [5.74, 6) is 0.424. The van der Waals surface area contributed by atoms with Crippen LogP contribution in [-0.2, 0) is 0 Å². The third kappa shape index (κ3) is 4.51. The van der Waals surface area contributed by atoms with Gasteiger partial charge in [0.15, 0.2) is 0 Å². The van der Waals surface area contributed by atoms with Gasteiger partial charge in [0.1, 0.15) is 6.29 Å². The van der Waals surface area contributed by atoms with Crippen molar-refractivity contribution in [3.05, 3.63) is 83.4 Å². The normalized spacial score (nSPS) is 10.6. The summed E-state index contributed by atoms with van der Waals surface area (Å²) in [5, 5.41) is 6.91. The third-order valence-electron chi connectivity index (χ3n) is 4.30. The van der Waals surface area contributed by atoms with Gasteiger partial charge in [-0.25, -0.2) is 0 Å². The average Bonchev–Trinajstić information content (AvgIpc) is 2.64.